The minimum Gasteiger partial charge on any atom is -0.388 e. The second-order valence-corrected chi connectivity index (χ2v) is 9.97. The zero-order valence-corrected chi connectivity index (χ0v) is 18.1. The third-order valence-electron chi connectivity index (χ3n) is 5.73. The molecule has 3 aromatic carbocycles. The first-order valence-electron chi connectivity index (χ1n) is 10.3. The van der Waals surface area contributed by atoms with Crippen LogP contribution in [0.15, 0.2) is 91.0 Å². The van der Waals surface area contributed by atoms with Crippen LogP contribution in [0.1, 0.15) is 32.3 Å². The van der Waals surface area contributed by atoms with E-state index >= 15 is 0 Å². The lowest BCUT2D eigenvalue weighted by Gasteiger charge is -2.38. The Morgan fingerprint density at radius 3 is 1.62 bits per heavy atom. The van der Waals surface area contributed by atoms with Gasteiger partial charge in [-0.05, 0) is 49.1 Å². The van der Waals surface area contributed by atoms with Crippen molar-refractivity contribution in [2.45, 2.75) is 44.8 Å². The van der Waals surface area contributed by atoms with Gasteiger partial charge in [0.15, 0.2) is 0 Å². The summed E-state index contributed by atoms with van der Waals surface area (Å²) in [5.74, 6) is 0. The minimum absolute atomic E-state index is 0.355. The molecule has 3 aromatic rings. The van der Waals surface area contributed by atoms with E-state index in [1.54, 1.807) is 0 Å². The van der Waals surface area contributed by atoms with Gasteiger partial charge >= 0.3 is 0 Å². The number of hydrogen-bond donors (Lipinski definition) is 2. The fourth-order valence-electron chi connectivity index (χ4n) is 3.74. The summed E-state index contributed by atoms with van der Waals surface area (Å²) in [7, 11) is -3.15. The van der Waals surface area contributed by atoms with Gasteiger partial charge in [0.05, 0.1) is 5.60 Å². The molecule has 0 amide bonds. The van der Waals surface area contributed by atoms with Crippen molar-refractivity contribution in [3.8, 4) is 0 Å². The molecule has 3 nitrogen and oxygen atoms in total. The Morgan fingerprint density at radius 1 is 0.793 bits per heavy atom. The molecule has 4 heteroatoms. The van der Waals surface area contributed by atoms with Gasteiger partial charge in [-0.15, -0.1) is 0 Å². The highest BCUT2D eigenvalue weighted by Crippen LogP contribution is 2.41. The van der Waals surface area contributed by atoms with Crippen LogP contribution in [-0.4, -0.2) is 16.7 Å². The highest BCUT2D eigenvalue weighted by Gasteiger charge is 2.39. The van der Waals surface area contributed by atoms with Crippen LogP contribution in [-0.2, 0) is 11.0 Å². The smallest absolute Gasteiger partial charge is 0.204 e. The summed E-state index contributed by atoms with van der Waals surface area (Å²) in [4.78, 5) is 0. The highest BCUT2D eigenvalue weighted by molar-refractivity contribution is 7.76. The first kappa shape index (κ1) is 21.5. The summed E-state index contributed by atoms with van der Waals surface area (Å²) < 4.78 is 14.5. The molecular formula is C25H30NO2P. The van der Waals surface area contributed by atoms with E-state index in [0.29, 0.717) is 19.3 Å². The van der Waals surface area contributed by atoms with Crippen molar-refractivity contribution in [2.75, 3.05) is 0 Å². The maximum Gasteiger partial charge on any atom is 0.204 e. The van der Waals surface area contributed by atoms with Crippen LogP contribution in [0.25, 0.3) is 0 Å². The maximum atomic E-state index is 14.5. The number of nitrogens with one attached hydrogen (secondary N) is 1. The van der Waals surface area contributed by atoms with Gasteiger partial charge in [0.1, 0.15) is 0 Å². The SMILES string of the molecule is CCC(O)(CC)[C@H](Cc1ccccc1)NP(=O)(c1ccccc1)c1ccccc1. The van der Waals surface area contributed by atoms with Crippen molar-refractivity contribution in [1.29, 1.82) is 0 Å². The van der Waals surface area contributed by atoms with Crippen LogP contribution in [0.2, 0.25) is 0 Å². The van der Waals surface area contributed by atoms with Crippen molar-refractivity contribution in [2.24, 2.45) is 0 Å². The van der Waals surface area contributed by atoms with Gasteiger partial charge in [-0.2, -0.15) is 0 Å². The van der Waals surface area contributed by atoms with Gasteiger partial charge in [-0.1, -0.05) is 80.6 Å². The zero-order valence-electron chi connectivity index (χ0n) is 17.2. The van der Waals surface area contributed by atoms with E-state index < -0.39 is 12.9 Å². The van der Waals surface area contributed by atoms with Gasteiger partial charge in [-0.25, -0.2) is 0 Å². The summed E-state index contributed by atoms with van der Waals surface area (Å²) >= 11 is 0. The lowest BCUT2D eigenvalue weighted by Crippen LogP contribution is -2.52. The van der Waals surface area contributed by atoms with E-state index in [9.17, 15) is 9.67 Å². The Kier molecular flexibility index (Phi) is 7.08. The van der Waals surface area contributed by atoms with Crippen molar-refractivity contribution in [3.05, 3.63) is 96.6 Å². The van der Waals surface area contributed by atoms with Crippen molar-refractivity contribution in [3.63, 3.8) is 0 Å². The average Bonchev–Trinajstić information content (AvgIpc) is 2.80. The van der Waals surface area contributed by atoms with Crippen molar-refractivity contribution >= 4 is 17.9 Å². The fraction of sp³-hybridized carbons (Fsp3) is 0.280. The molecule has 0 unspecified atom stereocenters. The van der Waals surface area contributed by atoms with Crippen molar-refractivity contribution < 1.29 is 9.67 Å². The predicted molar refractivity (Wildman–Crippen MR) is 122 cm³/mol. The molecule has 29 heavy (non-hydrogen) atoms. The molecule has 0 aliphatic heterocycles. The largest absolute Gasteiger partial charge is 0.388 e. The second kappa shape index (κ2) is 9.54. The van der Waals surface area contributed by atoms with Crippen LogP contribution in [0.4, 0.5) is 0 Å². The molecule has 0 aliphatic rings. The Hall–Kier alpha value is -2.19. The van der Waals surface area contributed by atoms with E-state index in [-0.39, 0.29) is 6.04 Å². The average molecular weight is 407 g/mol. The molecular weight excluding hydrogens is 377 g/mol. The molecule has 0 aromatic heterocycles. The predicted octanol–water partition coefficient (Wildman–Crippen LogP) is 4.67. The molecule has 1 atom stereocenters. The highest BCUT2D eigenvalue weighted by atomic mass is 31.2. The van der Waals surface area contributed by atoms with E-state index in [4.69, 9.17) is 0 Å². The van der Waals surface area contributed by atoms with Crippen LogP contribution < -0.4 is 15.7 Å². The summed E-state index contributed by atoms with van der Waals surface area (Å²) in [6.45, 7) is 3.97. The third kappa shape index (κ3) is 4.87. The summed E-state index contributed by atoms with van der Waals surface area (Å²) in [6, 6.07) is 28.8. The Morgan fingerprint density at radius 2 is 1.21 bits per heavy atom. The topological polar surface area (TPSA) is 49.3 Å². The molecule has 2 N–H and O–H groups in total. The zero-order chi connectivity index (χ0) is 20.7. The first-order chi connectivity index (χ1) is 14.0. The van der Waals surface area contributed by atoms with Crippen LogP contribution in [0.5, 0.6) is 0 Å². The van der Waals surface area contributed by atoms with E-state index in [1.165, 1.54) is 0 Å². The maximum absolute atomic E-state index is 14.5. The van der Waals surface area contributed by atoms with Gasteiger partial charge in [-0.3, -0.25) is 9.65 Å². The second-order valence-electron chi connectivity index (χ2n) is 7.46. The Bertz CT molecular complexity index is 881. The lowest BCUT2D eigenvalue weighted by atomic mass is 9.85. The van der Waals surface area contributed by atoms with E-state index in [2.05, 4.69) is 17.2 Å². The molecule has 0 saturated heterocycles. The van der Waals surface area contributed by atoms with Crippen LogP contribution in [0.3, 0.4) is 0 Å². The number of rotatable bonds is 9. The molecule has 0 bridgehead atoms. The summed E-state index contributed by atoms with van der Waals surface area (Å²) in [5, 5.41) is 16.4. The molecule has 0 heterocycles. The van der Waals surface area contributed by atoms with Gasteiger partial charge in [0.2, 0.25) is 7.29 Å². The Balaban J connectivity index is 2.07. The molecule has 3 rings (SSSR count). The normalized spacial score (nSPS) is 13.2. The van der Waals surface area contributed by atoms with E-state index in [0.717, 1.165) is 16.2 Å². The van der Waals surface area contributed by atoms with Gasteiger partial charge < -0.3 is 5.11 Å². The summed E-state index contributed by atoms with van der Waals surface area (Å²) in [6.07, 6.45) is 1.76. The minimum atomic E-state index is -3.15. The molecule has 0 aliphatic carbocycles. The standard InChI is InChI=1S/C25H30NO2P/c1-3-25(27,4-2)24(20-21-14-8-5-9-15-21)26-29(28,22-16-10-6-11-17-22)23-18-12-7-13-19-23/h5-19,24,27H,3-4,20H2,1-2H3,(H,26,28)/t24-/m0/s1. The lowest BCUT2D eigenvalue weighted by molar-refractivity contribution is 0.00125. The van der Waals surface area contributed by atoms with Gasteiger partial charge in [0, 0.05) is 16.7 Å². The molecule has 152 valence electrons. The van der Waals surface area contributed by atoms with E-state index in [1.807, 2.05) is 92.7 Å². The molecule has 0 spiro atoms. The number of benzene rings is 3. The Labute approximate surface area is 174 Å². The number of aliphatic hydroxyl groups is 1. The fourth-order valence-corrected chi connectivity index (χ4v) is 6.29. The third-order valence-corrected chi connectivity index (χ3v) is 8.46. The van der Waals surface area contributed by atoms with Crippen molar-refractivity contribution in [1.82, 2.24) is 5.09 Å². The van der Waals surface area contributed by atoms with Crippen LogP contribution >= 0.6 is 7.29 Å². The monoisotopic (exact) mass is 407 g/mol. The first-order valence-corrected chi connectivity index (χ1v) is 12.0. The summed E-state index contributed by atoms with van der Waals surface area (Å²) in [5.41, 5.74) is 0.146. The van der Waals surface area contributed by atoms with Gasteiger partial charge in [0.25, 0.3) is 0 Å². The molecule has 0 saturated carbocycles. The molecule has 0 fully saturated rings. The quantitative estimate of drug-likeness (QED) is 0.507. The molecule has 0 radical (unpaired) electrons. The van der Waals surface area contributed by atoms with Crippen LogP contribution in [0, 0.1) is 0 Å². The number of hydrogen-bond acceptors (Lipinski definition) is 2.